The summed E-state index contributed by atoms with van der Waals surface area (Å²) in [5.74, 6) is 2.25. The van der Waals surface area contributed by atoms with Crippen LogP contribution in [0.25, 0.3) is 22.8 Å². The summed E-state index contributed by atoms with van der Waals surface area (Å²) in [4.78, 5) is 12.8. The fourth-order valence-corrected chi connectivity index (χ4v) is 2.95. The number of halogens is 1. The topological polar surface area (TPSA) is 95.2 Å². The monoisotopic (exact) mass is 409 g/mol. The summed E-state index contributed by atoms with van der Waals surface area (Å²) in [7, 11) is 3.09. The molecular formula is C20H16ClN5O3. The van der Waals surface area contributed by atoms with Crippen LogP contribution in [0.15, 0.2) is 59.5 Å². The van der Waals surface area contributed by atoms with Gasteiger partial charge >= 0.3 is 0 Å². The third kappa shape index (κ3) is 3.83. The second-order valence-electron chi connectivity index (χ2n) is 5.89. The van der Waals surface area contributed by atoms with Gasteiger partial charge in [0.2, 0.25) is 5.82 Å². The first-order chi connectivity index (χ1) is 14.2. The summed E-state index contributed by atoms with van der Waals surface area (Å²) in [5.41, 5.74) is 1.98. The average Bonchev–Trinajstić information content (AvgIpc) is 3.25. The number of aromatic nitrogens is 4. The Hall–Kier alpha value is -3.65. The zero-order chi connectivity index (χ0) is 20.2. The molecule has 0 fully saturated rings. The van der Waals surface area contributed by atoms with Crippen molar-refractivity contribution in [1.29, 1.82) is 0 Å². The molecule has 0 aliphatic heterocycles. The van der Waals surface area contributed by atoms with Crippen molar-refractivity contribution < 1.29 is 14.0 Å². The van der Waals surface area contributed by atoms with Gasteiger partial charge in [-0.2, -0.15) is 4.98 Å². The number of nitrogens with one attached hydrogen (secondary N) is 1. The molecule has 0 saturated heterocycles. The van der Waals surface area contributed by atoms with E-state index in [0.717, 1.165) is 5.56 Å². The Morgan fingerprint density at radius 1 is 1.03 bits per heavy atom. The average molecular weight is 410 g/mol. The normalized spacial score (nSPS) is 10.6. The van der Waals surface area contributed by atoms with Crippen LogP contribution in [0.4, 0.5) is 11.5 Å². The lowest BCUT2D eigenvalue weighted by Gasteiger charge is -2.14. The summed E-state index contributed by atoms with van der Waals surface area (Å²) in [6.07, 6.45) is 3.01. The highest BCUT2D eigenvalue weighted by atomic mass is 35.5. The Labute approximate surface area is 171 Å². The molecule has 2 aromatic carbocycles. The van der Waals surface area contributed by atoms with Gasteiger partial charge in [-0.05, 0) is 6.07 Å². The largest absolute Gasteiger partial charge is 0.495 e. The summed E-state index contributed by atoms with van der Waals surface area (Å²) in [5, 5.41) is 7.66. The van der Waals surface area contributed by atoms with Crippen molar-refractivity contribution in [3.63, 3.8) is 0 Å². The molecule has 0 saturated carbocycles. The van der Waals surface area contributed by atoms with E-state index in [2.05, 4.69) is 25.4 Å². The van der Waals surface area contributed by atoms with Crippen LogP contribution in [0.2, 0.25) is 5.02 Å². The van der Waals surface area contributed by atoms with E-state index in [1.54, 1.807) is 25.4 Å². The molecule has 0 aliphatic rings. The number of anilines is 2. The zero-order valence-electron chi connectivity index (χ0n) is 15.6. The first kappa shape index (κ1) is 18.7. The lowest BCUT2D eigenvalue weighted by molar-refractivity contribution is 0.396. The van der Waals surface area contributed by atoms with E-state index in [0.29, 0.717) is 39.4 Å². The SMILES string of the molecule is COc1cc(OC)c(Nc2ncncc2-c2nc(-c3ccccc3)no2)cc1Cl. The number of hydrogen-bond donors (Lipinski definition) is 1. The number of ether oxygens (including phenoxy) is 2. The summed E-state index contributed by atoms with van der Waals surface area (Å²) >= 11 is 6.26. The Kier molecular flexibility index (Phi) is 5.26. The van der Waals surface area contributed by atoms with E-state index in [4.69, 9.17) is 25.6 Å². The highest BCUT2D eigenvalue weighted by Crippen LogP contribution is 2.38. The quantitative estimate of drug-likeness (QED) is 0.493. The van der Waals surface area contributed by atoms with Crippen molar-refractivity contribution in [2.24, 2.45) is 0 Å². The molecule has 2 aromatic heterocycles. The molecule has 8 nitrogen and oxygen atoms in total. The number of methoxy groups -OCH3 is 2. The van der Waals surface area contributed by atoms with Crippen LogP contribution < -0.4 is 14.8 Å². The van der Waals surface area contributed by atoms with E-state index in [9.17, 15) is 0 Å². The van der Waals surface area contributed by atoms with Gasteiger partial charge in [0.25, 0.3) is 5.89 Å². The second-order valence-corrected chi connectivity index (χ2v) is 6.29. The van der Waals surface area contributed by atoms with E-state index < -0.39 is 0 Å². The van der Waals surface area contributed by atoms with Crippen LogP contribution >= 0.6 is 11.6 Å². The maximum Gasteiger partial charge on any atom is 0.263 e. The minimum atomic E-state index is 0.283. The van der Waals surface area contributed by atoms with E-state index >= 15 is 0 Å². The molecule has 0 amide bonds. The maximum atomic E-state index is 6.26. The Morgan fingerprint density at radius 3 is 2.59 bits per heavy atom. The van der Waals surface area contributed by atoms with Crippen LogP contribution in [0.1, 0.15) is 0 Å². The highest BCUT2D eigenvalue weighted by molar-refractivity contribution is 6.32. The Morgan fingerprint density at radius 2 is 1.83 bits per heavy atom. The molecule has 4 rings (SSSR count). The van der Waals surface area contributed by atoms with Gasteiger partial charge in [0.05, 0.1) is 24.9 Å². The van der Waals surface area contributed by atoms with Gasteiger partial charge in [0.1, 0.15) is 29.2 Å². The highest BCUT2D eigenvalue weighted by Gasteiger charge is 2.18. The van der Waals surface area contributed by atoms with Gasteiger partial charge in [-0.15, -0.1) is 0 Å². The third-order valence-corrected chi connectivity index (χ3v) is 4.42. The van der Waals surface area contributed by atoms with Crippen LogP contribution in [0.3, 0.4) is 0 Å². The summed E-state index contributed by atoms with van der Waals surface area (Å²) in [6, 6.07) is 12.9. The molecule has 146 valence electrons. The standard InChI is InChI=1S/C20H16ClN5O3/c1-27-16-9-17(28-2)15(8-14(16)21)24-19-13(10-22-11-23-19)20-25-18(26-29-20)12-6-4-3-5-7-12/h3-11H,1-2H3,(H,22,23,24). The molecule has 0 bridgehead atoms. The number of hydrogen-bond acceptors (Lipinski definition) is 8. The van der Waals surface area contributed by atoms with E-state index in [1.165, 1.54) is 13.4 Å². The smallest absolute Gasteiger partial charge is 0.263 e. The molecule has 9 heteroatoms. The van der Waals surface area contributed by atoms with Crippen molar-refractivity contribution >= 4 is 23.1 Å². The molecule has 1 N–H and O–H groups in total. The van der Waals surface area contributed by atoms with E-state index in [-0.39, 0.29) is 5.89 Å². The van der Waals surface area contributed by atoms with Crippen LogP contribution in [-0.2, 0) is 0 Å². The van der Waals surface area contributed by atoms with Crippen molar-refractivity contribution in [2.75, 3.05) is 19.5 Å². The van der Waals surface area contributed by atoms with Gasteiger partial charge in [0, 0.05) is 17.8 Å². The van der Waals surface area contributed by atoms with Crippen molar-refractivity contribution in [2.45, 2.75) is 0 Å². The number of benzene rings is 2. The van der Waals surface area contributed by atoms with Crippen LogP contribution in [-0.4, -0.2) is 34.3 Å². The lowest BCUT2D eigenvalue weighted by Crippen LogP contribution is -2.00. The molecule has 0 radical (unpaired) electrons. The fourth-order valence-electron chi connectivity index (χ4n) is 2.71. The Balaban J connectivity index is 1.70. The predicted octanol–water partition coefficient (Wildman–Crippen LogP) is 4.61. The molecule has 2 heterocycles. The van der Waals surface area contributed by atoms with E-state index in [1.807, 2.05) is 30.3 Å². The molecular weight excluding hydrogens is 394 g/mol. The predicted molar refractivity (Wildman–Crippen MR) is 109 cm³/mol. The fraction of sp³-hybridized carbons (Fsp3) is 0.100. The summed E-state index contributed by atoms with van der Waals surface area (Å²) < 4.78 is 16.1. The van der Waals surface area contributed by atoms with Gasteiger partial charge in [-0.3, -0.25) is 0 Å². The second kappa shape index (κ2) is 8.15. The van der Waals surface area contributed by atoms with Gasteiger partial charge in [0.15, 0.2) is 0 Å². The van der Waals surface area contributed by atoms with Crippen LogP contribution in [0.5, 0.6) is 11.5 Å². The third-order valence-electron chi connectivity index (χ3n) is 4.13. The zero-order valence-corrected chi connectivity index (χ0v) is 16.3. The first-order valence-electron chi connectivity index (χ1n) is 8.57. The molecule has 4 aromatic rings. The maximum absolute atomic E-state index is 6.26. The van der Waals surface area contributed by atoms with Crippen LogP contribution in [0, 0.1) is 0 Å². The number of nitrogens with zero attached hydrogens (tertiary/aromatic N) is 4. The summed E-state index contributed by atoms with van der Waals surface area (Å²) in [6.45, 7) is 0. The first-order valence-corrected chi connectivity index (χ1v) is 8.95. The molecule has 0 aliphatic carbocycles. The van der Waals surface area contributed by atoms with Gasteiger partial charge in [-0.1, -0.05) is 47.1 Å². The molecule has 29 heavy (non-hydrogen) atoms. The van der Waals surface area contributed by atoms with Gasteiger partial charge < -0.3 is 19.3 Å². The number of rotatable bonds is 6. The van der Waals surface area contributed by atoms with Crippen molar-refractivity contribution in [1.82, 2.24) is 20.1 Å². The van der Waals surface area contributed by atoms with Crippen molar-refractivity contribution in [3.05, 3.63) is 60.0 Å². The minimum absolute atomic E-state index is 0.283. The lowest BCUT2D eigenvalue weighted by atomic mass is 10.2. The van der Waals surface area contributed by atoms with Gasteiger partial charge in [-0.25, -0.2) is 9.97 Å². The molecule has 0 unspecified atom stereocenters. The molecule has 0 atom stereocenters. The Bertz CT molecular complexity index is 1130. The van der Waals surface area contributed by atoms with Crippen molar-refractivity contribution in [3.8, 4) is 34.3 Å². The minimum Gasteiger partial charge on any atom is -0.495 e. The molecule has 0 spiro atoms.